The number of anilines is 1. The average Bonchev–Trinajstić information content (AvgIpc) is 2.61. The summed E-state index contributed by atoms with van der Waals surface area (Å²) in [6.07, 6.45) is 1.36. The van der Waals surface area contributed by atoms with Gasteiger partial charge in [-0.05, 0) is 26.7 Å². The number of hydrogen-bond donors (Lipinski definition) is 1. The van der Waals surface area contributed by atoms with Crippen LogP contribution in [-0.2, 0) is 0 Å². The molecule has 4 heteroatoms. The van der Waals surface area contributed by atoms with Crippen LogP contribution >= 0.6 is 11.3 Å². The first-order valence-corrected chi connectivity index (χ1v) is 6.64. The van der Waals surface area contributed by atoms with Crippen molar-refractivity contribution in [1.82, 2.24) is 4.98 Å². The molecule has 0 saturated heterocycles. The maximum Gasteiger partial charge on any atom is 0.185 e. The second-order valence-electron chi connectivity index (χ2n) is 4.86. The van der Waals surface area contributed by atoms with E-state index in [0.29, 0.717) is 12.0 Å². The molecule has 0 amide bonds. The zero-order valence-electron chi connectivity index (χ0n) is 10.8. The molecule has 0 saturated carbocycles. The molecule has 1 aromatic rings. The summed E-state index contributed by atoms with van der Waals surface area (Å²) in [6, 6.07) is 0.440. The molecular formula is C12H22N2OS. The van der Waals surface area contributed by atoms with Crippen LogP contribution in [0.2, 0.25) is 0 Å². The largest absolute Gasteiger partial charge is 0.388 e. The molecule has 0 spiro atoms. The number of thiazole rings is 1. The number of aliphatic hydroxyl groups excluding tert-OH is 1. The smallest absolute Gasteiger partial charge is 0.185 e. The summed E-state index contributed by atoms with van der Waals surface area (Å²) in [6.45, 7) is 11.5. The first-order chi connectivity index (χ1) is 7.41. The Morgan fingerprint density at radius 1 is 1.31 bits per heavy atom. The van der Waals surface area contributed by atoms with Gasteiger partial charge in [0.1, 0.15) is 0 Å². The van der Waals surface area contributed by atoms with E-state index in [4.69, 9.17) is 0 Å². The fraction of sp³-hybridized carbons (Fsp3) is 0.750. The summed E-state index contributed by atoms with van der Waals surface area (Å²) >= 11 is 1.58. The topological polar surface area (TPSA) is 36.4 Å². The van der Waals surface area contributed by atoms with Gasteiger partial charge in [0.25, 0.3) is 0 Å². The summed E-state index contributed by atoms with van der Waals surface area (Å²) < 4.78 is 0. The van der Waals surface area contributed by atoms with Crippen molar-refractivity contribution in [2.45, 2.75) is 46.8 Å². The third kappa shape index (κ3) is 3.46. The van der Waals surface area contributed by atoms with Crippen LogP contribution in [0.3, 0.4) is 0 Å². The van der Waals surface area contributed by atoms with E-state index in [-0.39, 0.29) is 0 Å². The highest BCUT2D eigenvalue weighted by atomic mass is 32.1. The number of aliphatic hydroxyl groups is 1. The third-order valence-electron chi connectivity index (χ3n) is 2.35. The summed E-state index contributed by atoms with van der Waals surface area (Å²) in [4.78, 5) is 7.62. The van der Waals surface area contributed by atoms with Gasteiger partial charge in [-0.15, -0.1) is 0 Å². The lowest BCUT2D eigenvalue weighted by Crippen LogP contribution is -2.33. The molecule has 16 heavy (non-hydrogen) atoms. The van der Waals surface area contributed by atoms with Crippen LogP contribution in [-0.4, -0.2) is 22.7 Å². The lowest BCUT2D eigenvalue weighted by atomic mass is 10.2. The van der Waals surface area contributed by atoms with Crippen LogP contribution in [0.25, 0.3) is 0 Å². The van der Waals surface area contributed by atoms with E-state index >= 15 is 0 Å². The molecule has 0 bridgehead atoms. The highest BCUT2D eigenvalue weighted by molar-refractivity contribution is 7.15. The molecule has 1 rings (SSSR count). The van der Waals surface area contributed by atoms with E-state index in [1.165, 1.54) is 0 Å². The van der Waals surface area contributed by atoms with Crippen LogP contribution in [0.15, 0.2) is 6.20 Å². The van der Waals surface area contributed by atoms with E-state index in [2.05, 4.69) is 37.6 Å². The van der Waals surface area contributed by atoms with Crippen molar-refractivity contribution in [1.29, 1.82) is 0 Å². The molecule has 1 aromatic heterocycles. The van der Waals surface area contributed by atoms with Gasteiger partial charge in [-0.1, -0.05) is 25.2 Å². The summed E-state index contributed by atoms with van der Waals surface area (Å²) in [7, 11) is 0. The molecule has 3 nitrogen and oxygen atoms in total. The van der Waals surface area contributed by atoms with Crippen molar-refractivity contribution < 1.29 is 5.11 Å². The maximum absolute atomic E-state index is 9.49. The third-order valence-corrected chi connectivity index (χ3v) is 3.56. The molecule has 0 aliphatic heterocycles. The Bertz CT molecular complexity index is 321. The Hall–Kier alpha value is -0.610. The van der Waals surface area contributed by atoms with Gasteiger partial charge in [0.15, 0.2) is 5.13 Å². The van der Waals surface area contributed by atoms with Crippen molar-refractivity contribution in [3.8, 4) is 0 Å². The second-order valence-corrected chi connectivity index (χ2v) is 5.90. The second kappa shape index (κ2) is 5.64. The SMILES string of the molecule is CC(C)CN(c1ncc(C(C)O)s1)C(C)C. The van der Waals surface area contributed by atoms with Crippen LogP contribution < -0.4 is 4.90 Å². The normalized spacial score (nSPS) is 13.5. The zero-order valence-corrected chi connectivity index (χ0v) is 11.6. The molecule has 1 heterocycles. The molecular weight excluding hydrogens is 220 g/mol. The first kappa shape index (κ1) is 13.5. The van der Waals surface area contributed by atoms with Gasteiger partial charge >= 0.3 is 0 Å². The van der Waals surface area contributed by atoms with Gasteiger partial charge in [0.05, 0.1) is 11.0 Å². The lowest BCUT2D eigenvalue weighted by Gasteiger charge is -2.27. The number of aromatic nitrogens is 1. The van der Waals surface area contributed by atoms with Crippen LogP contribution in [0.5, 0.6) is 0 Å². The van der Waals surface area contributed by atoms with Crippen molar-refractivity contribution in [2.24, 2.45) is 5.92 Å². The molecule has 0 aliphatic rings. The lowest BCUT2D eigenvalue weighted by molar-refractivity contribution is 0.203. The van der Waals surface area contributed by atoms with Gasteiger partial charge in [0, 0.05) is 18.8 Å². The summed E-state index contributed by atoms with van der Waals surface area (Å²) in [5.74, 6) is 0.612. The number of rotatable bonds is 5. The van der Waals surface area contributed by atoms with Crippen LogP contribution in [0, 0.1) is 5.92 Å². The van der Waals surface area contributed by atoms with E-state index < -0.39 is 6.10 Å². The van der Waals surface area contributed by atoms with Gasteiger partial charge in [0.2, 0.25) is 0 Å². The van der Waals surface area contributed by atoms with Gasteiger partial charge < -0.3 is 10.0 Å². The van der Waals surface area contributed by atoms with E-state index in [9.17, 15) is 5.11 Å². The molecule has 1 N–H and O–H groups in total. The van der Waals surface area contributed by atoms with Crippen molar-refractivity contribution in [3.05, 3.63) is 11.1 Å². The molecule has 0 radical (unpaired) electrons. The summed E-state index contributed by atoms with van der Waals surface area (Å²) in [5.41, 5.74) is 0. The van der Waals surface area contributed by atoms with Gasteiger partial charge in [-0.2, -0.15) is 0 Å². The predicted octanol–water partition coefficient (Wildman–Crippen LogP) is 3.07. The predicted molar refractivity (Wildman–Crippen MR) is 70.1 cm³/mol. The highest BCUT2D eigenvalue weighted by Gasteiger charge is 2.16. The van der Waals surface area contributed by atoms with E-state index in [0.717, 1.165) is 16.6 Å². The van der Waals surface area contributed by atoms with Crippen LogP contribution in [0.1, 0.15) is 45.6 Å². The Morgan fingerprint density at radius 2 is 1.94 bits per heavy atom. The van der Waals surface area contributed by atoms with Crippen LogP contribution in [0.4, 0.5) is 5.13 Å². The molecule has 0 fully saturated rings. The Kier molecular flexibility index (Phi) is 4.74. The Labute approximate surface area is 102 Å². The summed E-state index contributed by atoms with van der Waals surface area (Å²) in [5, 5.41) is 10.5. The quantitative estimate of drug-likeness (QED) is 0.862. The fourth-order valence-corrected chi connectivity index (χ4v) is 2.50. The Balaban J connectivity index is 2.84. The standard InChI is InChI=1S/C12H22N2OS/c1-8(2)7-14(9(3)4)12-13-6-11(16-12)10(5)15/h6,8-10,15H,7H2,1-5H3. The average molecular weight is 242 g/mol. The molecule has 1 atom stereocenters. The van der Waals surface area contributed by atoms with Crippen molar-refractivity contribution in [2.75, 3.05) is 11.4 Å². The van der Waals surface area contributed by atoms with Gasteiger partial charge in [-0.25, -0.2) is 4.98 Å². The first-order valence-electron chi connectivity index (χ1n) is 5.82. The Morgan fingerprint density at radius 3 is 2.31 bits per heavy atom. The molecule has 1 unspecified atom stereocenters. The minimum Gasteiger partial charge on any atom is -0.388 e. The van der Waals surface area contributed by atoms with Gasteiger partial charge in [-0.3, -0.25) is 0 Å². The molecule has 92 valence electrons. The fourth-order valence-electron chi connectivity index (χ4n) is 1.51. The minimum absolute atomic E-state index is 0.417. The maximum atomic E-state index is 9.49. The van der Waals surface area contributed by atoms with E-state index in [1.54, 1.807) is 24.5 Å². The van der Waals surface area contributed by atoms with Crippen molar-refractivity contribution >= 4 is 16.5 Å². The molecule has 0 aromatic carbocycles. The van der Waals surface area contributed by atoms with E-state index in [1.807, 2.05) is 0 Å². The number of nitrogens with zero attached hydrogens (tertiary/aromatic N) is 2. The molecule has 0 aliphatic carbocycles. The monoisotopic (exact) mass is 242 g/mol. The highest BCUT2D eigenvalue weighted by Crippen LogP contribution is 2.28. The van der Waals surface area contributed by atoms with Crippen molar-refractivity contribution in [3.63, 3.8) is 0 Å². The minimum atomic E-state index is -0.417. The number of hydrogen-bond acceptors (Lipinski definition) is 4. The zero-order chi connectivity index (χ0) is 12.3.